The molecule has 1 aromatic carbocycles. The molecule has 0 unspecified atom stereocenters. The second-order valence-electron chi connectivity index (χ2n) is 4.34. The van der Waals surface area contributed by atoms with E-state index in [2.05, 4.69) is 5.32 Å². The summed E-state index contributed by atoms with van der Waals surface area (Å²) in [5, 5.41) is 3.19. The summed E-state index contributed by atoms with van der Waals surface area (Å²) in [6, 6.07) is 2.36. The molecule has 0 aromatic heterocycles. The summed E-state index contributed by atoms with van der Waals surface area (Å²) in [7, 11) is 0. The van der Waals surface area contributed by atoms with Crippen LogP contribution in [-0.4, -0.2) is 13.1 Å². The minimum atomic E-state index is -1.36. The lowest BCUT2D eigenvalue weighted by atomic mass is 9.82. The third-order valence-electron chi connectivity index (χ3n) is 3.25. The Morgan fingerprint density at radius 3 is 2.53 bits per heavy atom. The van der Waals surface area contributed by atoms with Crippen LogP contribution in [0.1, 0.15) is 24.8 Å². The van der Waals surface area contributed by atoms with E-state index in [0.29, 0.717) is 5.56 Å². The van der Waals surface area contributed by atoms with Crippen LogP contribution in [0, 0.1) is 23.4 Å². The Morgan fingerprint density at radius 2 is 1.88 bits per heavy atom. The maximum absolute atomic E-state index is 13.6. The SMILES string of the molecule is C[C@@H]1CNCC[C@@H]1c1ccc(F)c(F)c1F.Cl. The molecule has 2 rings (SSSR count). The first-order valence-electron chi connectivity index (χ1n) is 5.45. The van der Waals surface area contributed by atoms with Crippen LogP contribution in [-0.2, 0) is 0 Å². The summed E-state index contributed by atoms with van der Waals surface area (Å²) in [4.78, 5) is 0. The van der Waals surface area contributed by atoms with Crippen LogP contribution in [0.2, 0.25) is 0 Å². The summed E-state index contributed by atoms with van der Waals surface area (Å²) < 4.78 is 39.5. The zero-order valence-electron chi connectivity index (χ0n) is 9.47. The van der Waals surface area contributed by atoms with Crippen LogP contribution < -0.4 is 5.32 Å². The Bertz CT molecular complexity index is 398. The molecule has 0 bridgehead atoms. The number of piperidine rings is 1. The molecule has 1 nitrogen and oxygen atoms in total. The van der Waals surface area contributed by atoms with Gasteiger partial charge in [-0.25, -0.2) is 13.2 Å². The fourth-order valence-electron chi connectivity index (χ4n) is 2.30. The van der Waals surface area contributed by atoms with Crippen molar-refractivity contribution < 1.29 is 13.2 Å². The topological polar surface area (TPSA) is 12.0 Å². The monoisotopic (exact) mass is 265 g/mol. The highest BCUT2D eigenvalue weighted by molar-refractivity contribution is 5.85. The van der Waals surface area contributed by atoms with Crippen LogP contribution in [0.5, 0.6) is 0 Å². The molecule has 1 N–H and O–H groups in total. The number of nitrogens with one attached hydrogen (secondary N) is 1. The molecule has 96 valence electrons. The normalized spacial score (nSPS) is 24.2. The van der Waals surface area contributed by atoms with Crippen molar-refractivity contribution in [1.29, 1.82) is 0 Å². The van der Waals surface area contributed by atoms with Crippen molar-refractivity contribution in [1.82, 2.24) is 5.32 Å². The Hall–Kier alpha value is -0.740. The minimum Gasteiger partial charge on any atom is -0.316 e. The number of halogens is 4. The van der Waals surface area contributed by atoms with Gasteiger partial charge in [-0.05, 0) is 43.0 Å². The summed E-state index contributed by atoms with van der Waals surface area (Å²) >= 11 is 0. The van der Waals surface area contributed by atoms with Gasteiger partial charge in [-0.1, -0.05) is 13.0 Å². The number of benzene rings is 1. The van der Waals surface area contributed by atoms with E-state index in [4.69, 9.17) is 0 Å². The first-order valence-corrected chi connectivity index (χ1v) is 5.45. The van der Waals surface area contributed by atoms with E-state index >= 15 is 0 Å². The third-order valence-corrected chi connectivity index (χ3v) is 3.25. The quantitative estimate of drug-likeness (QED) is 0.769. The summed E-state index contributed by atoms with van der Waals surface area (Å²) in [5.74, 6) is -3.31. The molecule has 0 saturated carbocycles. The molecule has 1 fully saturated rings. The van der Waals surface area contributed by atoms with Gasteiger partial charge in [0.15, 0.2) is 17.5 Å². The number of hydrogen-bond donors (Lipinski definition) is 1. The summed E-state index contributed by atoms with van der Waals surface area (Å²) in [6.07, 6.45) is 0.753. The van der Waals surface area contributed by atoms with Gasteiger partial charge in [0.1, 0.15) is 0 Å². The lowest BCUT2D eigenvalue weighted by Gasteiger charge is -2.30. The molecule has 5 heteroatoms. The molecule has 1 saturated heterocycles. The largest absolute Gasteiger partial charge is 0.316 e. The first kappa shape index (κ1) is 14.3. The Morgan fingerprint density at radius 1 is 1.18 bits per heavy atom. The molecule has 1 aliphatic rings. The Kier molecular flexibility index (Phi) is 4.83. The van der Waals surface area contributed by atoms with Crippen LogP contribution >= 0.6 is 12.4 Å². The first-order chi connectivity index (χ1) is 7.61. The standard InChI is InChI=1S/C12H14F3N.ClH/c1-7-6-16-5-4-8(7)9-2-3-10(13)12(15)11(9)14;/h2-3,7-8,16H,4-6H2,1H3;1H/t7-,8+;/m1./s1. The Labute approximate surface area is 105 Å². The molecule has 0 amide bonds. The van der Waals surface area contributed by atoms with E-state index < -0.39 is 17.5 Å². The lowest BCUT2D eigenvalue weighted by molar-refractivity contribution is 0.334. The van der Waals surface area contributed by atoms with Crippen LogP contribution in [0.3, 0.4) is 0 Å². The van der Waals surface area contributed by atoms with Gasteiger partial charge in [0.25, 0.3) is 0 Å². The van der Waals surface area contributed by atoms with E-state index in [9.17, 15) is 13.2 Å². The van der Waals surface area contributed by atoms with Gasteiger partial charge in [0.2, 0.25) is 0 Å². The maximum Gasteiger partial charge on any atom is 0.194 e. The zero-order valence-corrected chi connectivity index (χ0v) is 10.3. The van der Waals surface area contributed by atoms with Crippen molar-refractivity contribution in [3.63, 3.8) is 0 Å². The average molecular weight is 266 g/mol. The zero-order chi connectivity index (χ0) is 11.7. The van der Waals surface area contributed by atoms with Crippen LogP contribution in [0.25, 0.3) is 0 Å². The smallest absolute Gasteiger partial charge is 0.194 e. The predicted octanol–water partition coefficient (Wildman–Crippen LogP) is 3.24. The molecular formula is C12H15ClF3N. The van der Waals surface area contributed by atoms with Gasteiger partial charge in [-0.3, -0.25) is 0 Å². The number of rotatable bonds is 1. The van der Waals surface area contributed by atoms with E-state index in [1.165, 1.54) is 6.07 Å². The average Bonchev–Trinajstić information content (AvgIpc) is 2.28. The van der Waals surface area contributed by atoms with Crippen molar-refractivity contribution in [3.05, 3.63) is 35.1 Å². The summed E-state index contributed by atoms with van der Waals surface area (Å²) in [5.41, 5.74) is 0.299. The minimum absolute atomic E-state index is 0. The second-order valence-corrected chi connectivity index (χ2v) is 4.34. The molecule has 0 aliphatic carbocycles. The molecular weight excluding hydrogens is 251 g/mol. The van der Waals surface area contributed by atoms with E-state index in [1.807, 2.05) is 6.92 Å². The highest BCUT2D eigenvalue weighted by Crippen LogP contribution is 2.32. The molecule has 0 radical (unpaired) electrons. The van der Waals surface area contributed by atoms with Crippen molar-refractivity contribution in [2.45, 2.75) is 19.3 Å². The van der Waals surface area contributed by atoms with Crippen molar-refractivity contribution in [2.24, 2.45) is 5.92 Å². The third kappa shape index (κ3) is 2.75. The van der Waals surface area contributed by atoms with E-state index in [0.717, 1.165) is 25.6 Å². The van der Waals surface area contributed by atoms with Gasteiger partial charge >= 0.3 is 0 Å². The predicted molar refractivity (Wildman–Crippen MR) is 63.0 cm³/mol. The van der Waals surface area contributed by atoms with Crippen molar-refractivity contribution >= 4 is 12.4 Å². The number of hydrogen-bond acceptors (Lipinski definition) is 1. The maximum atomic E-state index is 13.6. The van der Waals surface area contributed by atoms with Crippen LogP contribution in [0.15, 0.2) is 12.1 Å². The van der Waals surface area contributed by atoms with E-state index in [-0.39, 0.29) is 24.2 Å². The van der Waals surface area contributed by atoms with Gasteiger partial charge in [-0.15, -0.1) is 12.4 Å². The molecule has 0 spiro atoms. The fourth-order valence-corrected chi connectivity index (χ4v) is 2.30. The second kappa shape index (κ2) is 5.74. The van der Waals surface area contributed by atoms with Crippen molar-refractivity contribution in [2.75, 3.05) is 13.1 Å². The van der Waals surface area contributed by atoms with E-state index in [1.54, 1.807) is 0 Å². The summed E-state index contributed by atoms with van der Waals surface area (Å²) in [6.45, 7) is 3.55. The fraction of sp³-hybridized carbons (Fsp3) is 0.500. The molecule has 1 heterocycles. The highest BCUT2D eigenvalue weighted by Gasteiger charge is 2.27. The molecule has 2 atom stereocenters. The van der Waals surface area contributed by atoms with Crippen molar-refractivity contribution in [3.8, 4) is 0 Å². The Balaban J connectivity index is 0.00000144. The van der Waals surface area contributed by atoms with Gasteiger partial charge < -0.3 is 5.32 Å². The highest BCUT2D eigenvalue weighted by atomic mass is 35.5. The molecule has 1 aromatic rings. The lowest BCUT2D eigenvalue weighted by Crippen LogP contribution is -2.34. The van der Waals surface area contributed by atoms with Crippen LogP contribution in [0.4, 0.5) is 13.2 Å². The van der Waals surface area contributed by atoms with Gasteiger partial charge in [0.05, 0.1) is 0 Å². The molecule has 17 heavy (non-hydrogen) atoms. The molecule has 1 aliphatic heterocycles. The van der Waals surface area contributed by atoms with Gasteiger partial charge in [0, 0.05) is 0 Å². The van der Waals surface area contributed by atoms with Gasteiger partial charge in [-0.2, -0.15) is 0 Å².